The highest BCUT2D eigenvalue weighted by Crippen LogP contribution is 2.23. The summed E-state index contributed by atoms with van der Waals surface area (Å²) in [6.07, 6.45) is 1.60. The smallest absolute Gasteiger partial charge is 0.247 e. The van der Waals surface area contributed by atoms with Gasteiger partial charge in [-0.25, -0.2) is 4.98 Å². The van der Waals surface area contributed by atoms with E-state index in [2.05, 4.69) is 20.2 Å². The maximum absolute atomic E-state index is 11.1. The molecule has 1 N–H and O–H groups in total. The number of aromatic amines is 1. The maximum atomic E-state index is 11.1. The topological polar surface area (TPSA) is 75.9 Å². The van der Waals surface area contributed by atoms with Gasteiger partial charge in [0.1, 0.15) is 0 Å². The first kappa shape index (κ1) is 11.9. The molecule has 0 aliphatic heterocycles. The van der Waals surface area contributed by atoms with Crippen molar-refractivity contribution in [2.24, 2.45) is 0 Å². The lowest BCUT2D eigenvalue weighted by molar-refractivity contribution is 0.998. The summed E-state index contributed by atoms with van der Waals surface area (Å²) in [7, 11) is 0. The minimum atomic E-state index is -0.162. The molecule has 19 heavy (non-hydrogen) atoms. The molecule has 3 aromatic heterocycles. The van der Waals surface area contributed by atoms with E-state index >= 15 is 0 Å². The van der Waals surface area contributed by atoms with Crippen molar-refractivity contribution in [3.63, 3.8) is 0 Å². The van der Waals surface area contributed by atoms with Crippen LogP contribution in [-0.2, 0) is 0 Å². The number of hydrogen-bond donors (Lipinski definition) is 1. The van der Waals surface area contributed by atoms with Gasteiger partial charge in [-0.2, -0.15) is 0 Å². The molecular formula is C12H10ClN5O. The molecule has 96 valence electrons. The third kappa shape index (κ3) is 1.80. The summed E-state index contributed by atoms with van der Waals surface area (Å²) in [6, 6.07) is 3.14. The van der Waals surface area contributed by atoms with Crippen LogP contribution in [0, 0.1) is 13.8 Å². The van der Waals surface area contributed by atoms with Gasteiger partial charge in [-0.1, -0.05) is 11.6 Å². The lowest BCUT2D eigenvalue weighted by Gasteiger charge is -2.06. The quantitative estimate of drug-likeness (QED) is 0.734. The average molecular weight is 276 g/mol. The molecule has 0 saturated carbocycles. The van der Waals surface area contributed by atoms with Gasteiger partial charge in [0.2, 0.25) is 5.56 Å². The number of fused-ring (bicyclic) bond motifs is 1. The number of aromatic nitrogens is 5. The van der Waals surface area contributed by atoms with E-state index in [-0.39, 0.29) is 5.56 Å². The zero-order chi connectivity index (χ0) is 13.6. The Kier molecular flexibility index (Phi) is 2.60. The molecule has 7 heteroatoms. The van der Waals surface area contributed by atoms with Crippen LogP contribution >= 0.6 is 11.6 Å². The van der Waals surface area contributed by atoms with Crippen LogP contribution in [0.15, 0.2) is 23.1 Å². The first-order valence-corrected chi connectivity index (χ1v) is 6.02. The average Bonchev–Trinajstić information content (AvgIpc) is 2.82. The number of H-pyrrole nitrogens is 1. The molecule has 0 aliphatic carbocycles. The Hall–Kier alpha value is -2.21. The molecule has 0 fully saturated rings. The van der Waals surface area contributed by atoms with Gasteiger partial charge in [-0.05, 0) is 19.9 Å². The Labute approximate surface area is 113 Å². The van der Waals surface area contributed by atoms with Gasteiger partial charge in [-0.15, -0.1) is 10.2 Å². The largest absolute Gasteiger partial charge is 0.328 e. The fraction of sp³-hybridized carbons (Fsp3) is 0.167. The molecule has 3 rings (SSSR count). The van der Waals surface area contributed by atoms with Gasteiger partial charge in [-0.3, -0.25) is 9.20 Å². The Morgan fingerprint density at radius 2 is 2.05 bits per heavy atom. The Balaban J connectivity index is 2.37. The number of hydrogen-bond acceptors (Lipinski definition) is 4. The SMILES string of the molecule is Cc1nc(Cl)c2nnc(-c3ccc(=O)[nH]c3)n2c1C. The lowest BCUT2D eigenvalue weighted by Crippen LogP contribution is -2.04. The van der Waals surface area contributed by atoms with Crippen molar-refractivity contribution in [2.45, 2.75) is 13.8 Å². The van der Waals surface area contributed by atoms with E-state index < -0.39 is 0 Å². The van der Waals surface area contributed by atoms with E-state index in [0.29, 0.717) is 16.6 Å². The zero-order valence-corrected chi connectivity index (χ0v) is 11.1. The van der Waals surface area contributed by atoms with Crippen LogP contribution in [0.2, 0.25) is 5.15 Å². The Morgan fingerprint density at radius 3 is 2.74 bits per heavy atom. The second-order valence-corrected chi connectivity index (χ2v) is 4.56. The monoisotopic (exact) mass is 275 g/mol. The van der Waals surface area contributed by atoms with Crippen molar-refractivity contribution in [1.29, 1.82) is 0 Å². The minimum absolute atomic E-state index is 0.162. The molecular weight excluding hydrogens is 266 g/mol. The number of aryl methyl sites for hydroxylation is 2. The second kappa shape index (κ2) is 4.17. The predicted molar refractivity (Wildman–Crippen MR) is 71.3 cm³/mol. The van der Waals surface area contributed by atoms with Crippen molar-refractivity contribution in [3.8, 4) is 11.4 Å². The summed E-state index contributed by atoms with van der Waals surface area (Å²) in [6.45, 7) is 3.79. The van der Waals surface area contributed by atoms with Crippen LogP contribution in [0.1, 0.15) is 11.4 Å². The molecule has 0 amide bonds. The molecule has 0 unspecified atom stereocenters. The first-order chi connectivity index (χ1) is 9.08. The third-order valence-corrected chi connectivity index (χ3v) is 3.27. The van der Waals surface area contributed by atoms with Crippen molar-refractivity contribution in [3.05, 3.63) is 45.2 Å². The predicted octanol–water partition coefficient (Wildman–Crippen LogP) is 1.75. The van der Waals surface area contributed by atoms with E-state index in [1.165, 1.54) is 6.07 Å². The van der Waals surface area contributed by atoms with Crippen molar-refractivity contribution in [1.82, 2.24) is 24.6 Å². The number of pyridine rings is 1. The first-order valence-electron chi connectivity index (χ1n) is 5.65. The van der Waals surface area contributed by atoms with E-state index in [0.717, 1.165) is 17.0 Å². The van der Waals surface area contributed by atoms with Gasteiger partial charge >= 0.3 is 0 Å². The van der Waals surface area contributed by atoms with E-state index in [9.17, 15) is 4.79 Å². The van der Waals surface area contributed by atoms with Crippen LogP contribution < -0.4 is 5.56 Å². The molecule has 0 aliphatic rings. The standard InChI is InChI=1S/C12H10ClN5O/c1-6-7(2)18-11(8-3-4-9(19)14-5-8)16-17-12(18)10(13)15-6/h3-5H,1-2H3,(H,14,19). The molecule has 0 saturated heterocycles. The lowest BCUT2D eigenvalue weighted by atomic mass is 10.2. The van der Waals surface area contributed by atoms with Gasteiger partial charge in [0, 0.05) is 23.5 Å². The van der Waals surface area contributed by atoms with Crippen LogP contribution in [0.3, 0.4) is 0 Å². The summed E-state index contributed by atoms with van der Waals surface area (Å²) in [4.78, 5) is 17.9. The Bertz CT molecular complexity index is 815. The normalized spacial score (nSPS) is 11.1. The van der Waals surface area contributed by atoms with Crippen molar-refractivity contribution >= 4 is 17.2 Å². The summed E-state index contributed by atoms with van der Waals surface area (Å²) >= 11 is 6.07. The highest BCUT2D eigenvalue weighted by Gasteiger charge is 2.15. The molecule has 3 aromatic rings. The molecule has 0 spiro atoms. The summed E-state index contributed by atoms with van der Waals surface area (Å²) in [5.74, 6) is 0.621. The molecule has 0 aromatic carbocycles. The zero-order valence-electron chi connectivity index (χ0n) is 10.3. The van der Waals surface area contributed by atoms with Gasteiger partial charge < -0.3 is 4.98 Å². The number of rotatable bonds is 1. The van der Waals surface area contributed by atoms with E-state index in [4.69, 9.17) is 11.6 Å². The van der Waals surface area contributed by atoms with Gasteiger partial charge in [0.15, 0.2) is 16.6 Å². The molecule has 6 nitrogen and oxygen atoms in total. The molecule has 0 bridgehead atoms. The maximum Gasteiger partial charge on any atom is 0.247 e. The van der Waals surface area contributed by atoms with Crippen molar-refractivity contribution in [2.75, 3.05) is 0 Å². The summed E-state index contributed by atoms with van der Waals surface area (Å²) in [5, 5.41) is 8.48. The van der Waals surface area contributed by atoms with E-state index in [1.807, 2.05) is 18.2 Å². The van der Waals surface area contributed by atoms with Gasteiger partial charge in [0.25, 0.3) is 0 Å². The minimum Gasteiger partial charge on any atom is -0.328 e. The fourth-order valence-corrected chi connectivity index (χ4v) is 2.16. The van der Waals surface area contributed by atoms with E-state index in [1.54, 1.807) is 12.3 Å². The molecule has 0 atom stereocenters. The molecule has 3 heterocycles. The molecule has 0 radical (unpaired) electrons. The number of halogens is 1. The summed E-state index contributed by atoms with van der Waals surface area (Å²) in [5.41, 5.74) is 2.82. The number of nitrogens with zero attached hydrogens (tertiary/aromatic N) is 4. The van der Waals surface area contributed by atoms with Crippen LogP contribution in [0.25, 0.3) is 17.0 Å². The van der Waals surface area contributed by atoms with Crippen LogP contribution in [0.4, 0.5) is 0 Å². The van der Waals surface area contributed by atoms with Crippen LogP contribution in [-0.4, -0.2) is 24.6 Å². The highest BCUT2D eigenvalue weighted by molar-refractivity contribution is 6.32. The number of nitrogens with one attached hydrogen (secondary N) is 1. The second-order valence-electron chi connectivity index (χ2n) is 4.20. The van der Waals surface area contributed by atoms with Crippen LogP contribution in [0.5, 0.6) is 0 Å². The Morgan fingerprint density at radius 1 is 1.26 bits per heavy atom. The summed E-state index contributed by atoms with van der Waals surface area (Å²) < 4.78 is 1.83. The van der Waals surface area contributed by atoms with Gasteiger partial charge in [0.05, 0.1) is 5.69 Å². The highest BCUT2D eigenvalue weighted by atomic mass is 35.5. The fourth-order valence-electron chi connectivity index (χ4n) is 1.91. The third-order valence-electron chi connectivity index (χ3n) is 3.01. The van der Waals surface area contributed by atoms with Crippen molar-refractivity contribution < 1.29 is 0 Å².